The maximum absolute atomic E-state index is 6.00. The van der Waals surface area contributed by atoms with Crippen molar-refractivity contribution >= 4 is 0 Å². The second-order valence-corrected chi connectivity index (χ2v) is 5.68. The molecule has 0 saturated heterocycles. The lowest BCUT2D eigenvalue weighted by Gasteiger charge is -2.22. The van der Waals surface area contributed by atoms with Crippen LogP contribution >= 0.6 is 0 Å². The molecule has 0 aromatic heterocycles. The molecule has 2 aliphatic carbocycles. The van der Waals surface area contributed by atoms with Crippen molar-refractivity contribution in [2.45, 2.75) is 76.9 Å². The molecule has 2 atom stereocenters. The first-order valence-corrected chi connectivity index (χ1v) is 7.61. The highest BCUT2D eigenvalue weighted by Gasteiger charge is 2.25. The molecule has 0 aromatic carbocycles. The molecular weight excluding hydrogens is 212 g/mol. The van der Waals surface area contributed by atoms with E-state index >= 15 is 0 Å². The Bertz CT molecular complexity index is 199. The maximum Gasteiger partial charge on any atom is 0.0577 e. The number of hydrogen-bond donors (Lipinski definition) is 0. The smallest absolute Gasteiger partial charge is 0.0577 e. The van der Waals surface area contributed by atoms with Crippen LogP contribution in [0.25, 0.3) is 0 Å². The average molecular weight is 240 g/mol. The van der Waals surface area contributed by atoms with Gasteiger partial charge in [-0.3, -0.25) is 0 Å². The SMILES string of the molecule is CCOC1CCC(CCOC2CCCCC2)C1. The predicted octanol–water partition coefficient (Wildman–Crippen LogP) is 3.93. The normalized spacial score (nSPS) is 30.9. The summed E-state index contributed by atoms with van der Waals surface area (Å²) in [5.41, 5.74) is 0. The molecule has 0 N–H and O–H groups in total. The summed E-state index contributed by atoms with van der Waals surface area (Å²) in [7, 11) is 0. The highest BCUT2D eigenvalue weighted by atomic mass is 16.5. The molecule has 0 aliphatic heterocycles. The summed E-state index contributed by atoms with van der Waals surface area (Å²) in [6.07, 6.45) is 13.0. The Hall–Kier alpha value is -0.0800. The fourth-order valence-corrected chi connectivity index (χ4v) is 3.31. The van der Waals surface area contributed by atoms with E-state index in [9.17, 15) is 0 Å². The van der Waals surface area contributed by atoms with Gasteiger partial charge in [0.2, 0.25) is 0 Å². The largest absolute Gasteiger partial charge is 0.378 e. The molecule has 0 spiro atoms. The predicted molar refractivity (Wildman–Crippen MR) is 70.2 cm³/mol. The van der Waals surface area contributed by atoms with Crippen LogP contribution in [0.1, 0.15) is 64.7 Å². The van der Waals surface area contributed by atoms with Crippen LogP contribution in [-0.2, 0) is 9.47 Å². The van der Waals surface area contributed by atoms with Gasteiger partial charge in [-0.1, -0.05) is 19.3 Å². The second kappa shape index (κ2) is 7.38. The molecule has 0 heterocycles. The molecule has 2 saturated carbocycles. The van der Waals surface area contributed by atoms with Crippen molar-refractivity contribution in [2.24, 2.45) is 5.92 Å². The van der Waals surface area contributed by atoms with Gasteiger partial charge in [0.15, 0.2) is 0 Å². The minimum absolute atomic E-state index is 0.541. The minimum Gasteiger partial charge on any atom is -0.378 e. The minimum atomic E-state index is 0.541. The molecule has 2 aliphatic rings. The quantitative estimate of drug-likeness (QED) is 0.700. The van der Waals surface area contributed by atoms with E-state index in [0.29, 0.717) is 12.2 Å². The lowest BCUT2D eigenvalue weighted by atomic mass is 9.97. The maximum atomic E-state index is 6.00. The van der Waals surface area contributed by atoms with Gasteiger partial charge in [0.05, 0.1) is 12.2 Å². The summed E-state index contributed by atoms with van der Waals surface area (Å²) in [5, 5.41) is 0. The molecule has 2 unspecified atom stereocenters. The third-order valence-electron chi connectivity index (χ3n) is 4.33. The lowest BCUT2D eigenvalue weighted by molar-refractivity contribution is 0.0194. The first-order valence-electron chi connectivity index (χ1n) is 7.61. The Balaban J connectivity index is 1.53. The third kappa shape index (κ3) is 4.59. The Morgan fingerprint density at radius 2 is 1.71 bits per heavy atom. The number of hydrogen-bond acceptors (Lipinski definition) is 2. The highest BCUT2D eigenvalue weighted by Crippen LogP contribution is 2.30. The molecule has 2 nitrogen and oxygen atoms in total. The molecule has 0 radical (unpaired) electrons. The van der Waals surface area contributed by atoms with Gasteiger partial charge < -0.3 is 9.47 Å². The van der Waals surface area contributed by atoms with Crippen LogP contribution in [0.2, 0.25) is 0 Å². The van der Waals surface area contributed by atoms with Crippen molar-refractivity contribution in [1.82, 2.24) is 0 Å². The van der Waals surface area contributed by atoms with Crippen LogP contribution in [0.4, 0.5) is 0 Å². The van der Waals surface area contributed by atoms with Gasteiger partial charge >= 0.3 is 0 Å². The standard InChI is InChI=1S/C15H28O2/c1-2-16-15-9-8-13(12-15)10-11-17-14-6-4-3-5-7-14/h13-15H,2-12H2,1H3. The van der Waals surface area contributed by atoms with E-state index in [1.807, 2.05) is 0 Å². The summed E-state index contributed by atoms with van der Waals surface area (Å²) in [6, 6.07) is 0. The van der Waals surface area contributed by atoms with E-state index < -0.39 is 0 Å². The first kappa shape index (κ1) is 13.4. The Morgan fingerprint density at radius 3 is 2.47 bits per heavy atom. The van der Waals surface area contributed by atoms with Crippen molar-refractivity contribution in [3.63, 3.8) is 0 Å². The summed E-state index contributed by atoms with van der Waals surface area (Å²) >= 11 is 0. The van der Waals surface area contributed by atoms with E-state index in [1.54, 1.807) is 0 Å². The molecule has 2 rings (SSSR count). The van der Waals surface area contributed by atoms with Crippen LogP contribution in [0, 0.1) is 5.92 Å². The van der Waals surface area contributed by atoms with E-state index in [0.717, 1.165) is 19.1 Å². The monoisotopic (exact) mass is 240 g/mol. The summed E-state index contributed by atoms with van der Waals surface area (Å²) in [5.74, 6) is 0.857. The molecule has 2 fully saturated rings. The molecule has 0 aromatic rings. The summed E-state index contributed by atoms with van der Waals surface area (Å²) in [4.78, 5) is 0. The average Bonchev–Trinajstić information content (AvgIpc) is 2.79. The Kier molecular flexibility index (Phi) is 5.79. The molecule has 100 valence electrons. The number of rotatable bonds is 6. The van der Waals surface area contributed by atoms with E-state index in [1.165, 1.54) is 57.8 Å². The van der Waals surface area contributed by atoms with Gasteiger partial charge in [0.25, 0.3) is 0 Å². The van der Waals surface area contributed by atoms with E-state index in [4.69, 9.17) is 9.47 Å². The number of ether oxygens (including phenoxy) is 2. The Morgan fingerprint density at radius 1 is 0.882 bits per heavy atom. The summed E-state index contributed by atoms with van der Waals surface area (Å²) < 4.78 is 11.7. The molecule has 0 amide bonds. The summed E-state index contributed by atoms with van der Waals surface area (Å²) in [6.45, 7) is 3.95. The fourth-order valence-electron chi connectivity index (χ4n) is 3.31. The van der Waals surface area contributed by atoms with Crippen molar-refractivity contribution in [3.8, 4) is 0 Å². The van der Waals surface area contributed by atoms with Crippen LogP contribution in [-0.4, -0.2) is 25.4 Å². The van der Waals surface area contributed by atoms with E-state index in [-0.39, 0.29) is 0 Å². The van der Waals surface area contributed by atoms with Crippen LogP contribution in [0.5, 0.6) is 0 Å². The second-order valence-electron chi connectivity index (χ2n) is 5.68. The zero-order valence-corrected chi connectivity index (χ0v) is 11.3. The molecule has 0 bridgehead atoms. The van der Waals surface area contributed by atoms with Crippen molar-refractivity contribution in [1.29, 1.82) is 0 Å². The molecule has 2 heteroatoms. The van der Waals surface area contributed by atoms with Crippen LogP contribution < -0.4 is 0 Å². The molecular formula is C15H28O2. The van der Waals surface area contributed by atoms with Gasteiger partial charge in [-0.15, -0.1) is 0 Å². The van der Waals surface area contributed by atoms with Gasteiger partial charge in [0, 0.05) is 13.2 Å². The van der Waals surface area contributed by atoms with Gasteiger partial charge in [-0.25, -0.2) is 0 Å². The molecule has 17 heavy (non-hydrogen) atoms. The fraction of sp³-hybridized carbons (Fsp3) is 1.00. The van der Waals surface area contributed by atoms with Crippen LogP contribution in [0.3, 0.4) is 0 Å². The first-order chi connectivity index (χ1) is 8.38. The van der Waals surface area contributed by atoms with Crippen molar-refractivity contribution in [2.75, 3.05) is 13.2 Å². The highest BCUT2D eigenvalue weighted by molar-refractivity contribution is 4.76. The van der Waals surface area contributed by atoms with Crippen molar-refractivity contribution < 1.29 is 9.47 Å². The van der Waals surface area contributed by atoms with Crippen molar-refractivity contribution in [3.05, 3.63) is 0 Å². The van der Waals surface area contributed by atoms with E-state index in [2.05, 4.69) is 6.92 Å². The Labute approximate surface area is 106 Å². The third-order valence-corrected chi connectivity index (χ3v) is 4.33. The topological polar surface area (TPSA) is 18.5 Å². The zero-order chi connectivity index (χ0) is 11.9. The zero-order valence-electron chi connectivity index (χ0n) is 11.3. The van der Waals surface area contributed by atoms with Gasteiger partial charge in [-0.2, -0.15) is 0 Å². The lowest BCUT2D eigenvalue weighted by Crippen LogP contribution is -2.18. The van der Waals surface area contributed by atoms with Crippen LogP contribution in [0.15, 0.2) is 0 Å². The van der Waals surface area contributed by atoms with Gasteiger partial charge in [-0.05, 0) is 51.4 Å². The van der Waals surface area contributed by atoms with Gasteiger partial charge in [0.1, 0.15) is 0 Å².